The normalized spacial score (nSPS) is 24.9. The van der Waals surface area contributed by atoms with Gasteiger partial charge < -0.3 is 19.5 Å². The lowest BCUT2D eigenvalue weighted by atomic mass is 9.66. The number of ketones is 1. The Kier molecular flexibility index (Phi) is 6.85. The van der Waals surface area contributed by atoms with Gasteiger partial charge in [0, 0.05) is 19.1 Å². The summed E-state index contributed by atoms with van der Waals surface area (Å²) in [6.45, 7) is 3.26. The number of nitrogens with zero attached hydrogens (tertiary/aromatic N) is 1. The molecule has 1 saturated carbocycles. The van der Waals surface area contributed by atoms with Crippen LogP contribution in [0.2, 0.25) is 0 Å². The molecule has 1 fully saturated rings. The number of phenols is 1. The zero-order valence-electron chi connectivity index (χ0n) is 16.0. The molecule has 2 aliphatic carbocycles. The summed E-state index contributed by atoms with van der Waals surface area (Å²) in [7, 11) is 7.26. The van der Waals surface area contributed by atoms with Gasteiger partial charge in [-0.25, -0.2) is 0 Å². The van der Waals surface area contributed by atoms with Crippen molar-refractivity contribution in [3.63, 3.8) is 0 Å². The number of aromatic hydroxyl groups is 1. The molecule has 0 aliphatic heterocycles. The number of hydrogen-bond donors (Lipinski definition) is 1. The molecule has 3 rings (SSSR count). The van der Waals surface area contributed by atoms with Crippen LogP contribution in [0.4, 0.5) is 0 Å². The van der Waals surface area contributed by atoms with Crippen LogP contribution in [0.5, 0.6) is 11.5 Å². The predicted octanol–water partition coefficient (Wildman–Crippen LogP) is 2.99. The minimum atomic E-state index is -0.273. The van der Waals surface area contributed by atoms with E-state index >= 15 is 0 Å². The predicted molar refractivity (Wildman–Crippen MR) is 98.5 cm³/mol. The van der Waals surface area contributed by atoms with Crippen molar-refractivity contribution in [2.45, 2.75) is 44.6 Å². The molecule has 3 unspecified atom stereocenters. The number of carbonyl (C=O) groups excluding carboxylic acids is 1. The van der Waals surface area contributed by atoms with E-state index in [0.717, 1.165) is 36.9 Å². The largest absolute Gasteiger partial charge is 0.504 e. The lowest BCUT2D eigenvalue weighted by Crippen LogP contribution is -2.38. The maximum absolute atomic E-state index is 12.1. The van der Waals surface area contributed by atoms with Gasteiger partial charge in [-0.3, -0.25) is 4.79 Å². The number of benzene rings is 1. The maximum atomic E-state index is 12.1. The highest BCUT2D eigenvalue weighted by Crippen LogP contribution is 2.50. The van der Waals surface area contributed by atoms with Crippen molar-refractivity contribution in [1.82, 2.24) is 4.90 Å². The van der Waals surface area contributed by atoms with Crippen molar-refractivity contribution in [3.8, 4) is 11.5 Å². The Morgan fingerprint density at radius 3 is 2.52 bits per heavy atom. The fourth-order valence-corrected chi connectivity index (χ4v) is 3.74. The molecule has 25 heavy (non-hydrogen) atoms. The number of carbonyl (C=O) groups is 1. The summed E-state index contributed by atoms with van der Waals surface area (Å²) in [6, 6.07) is 3.81. The Bertz CT molecular complexity index is 600. The molecule has 1 aromatic rings. The van der Waals surface area contributed by atoms with Crippen molar-refractivity contribution in [2.75, 3.05) is 34.9 Å². The van der Waals surface area contributed by atoms with E-state index in [2.05, 4.69) is 25.9 Å². The maximum Gasteiger partial charge on any atom is 0.162 e. The van der Waals surface area contributed by atoms with E-state index in [0.29, 0.717) is 18.1 Å². The van der Waals surface area contributed by atoms with Crippen LogP contribution in [0.1, 0.15) is 43.2 Å². The Labute approximate surface area is 150 Å². The van der Waals surface area contributed by atoms with Gasteiger partial charge in [0.25, 0.3) is 0 Å². The smallest absolute Gasteiger partial charge is 0.162 e. The van der Waals surface area contributed by atoms with E-state index in [1.165, 1.54) is 0 Å². The van der Waals surface area contributed by atoms with E-state index in [1.54, 1.807) is 20.3 Å². The van der Waals surface area contributed by atoms with Crippen LogP contribution in [0.15, 0.2) is 12.1 Å². The van der Waals surface area contributed by atoms with E-state index in [9.17, 15) is 9.90 Å². The summed E-state index contributed by atoms with van der Waals surface area (Å²) in [4.78, 5) is 14.2. The Balaban J connectivity index is 0.000000399. The van der Waals surface area contributed by atoms with Crippen molar-refractivity contribution in [3.05, 3.63) is 23.3 Å². The van der Waals surface area contributed by atoms with Gasteiger partial charge in [-0.15, -0.1) is 0 Å². The average molecular weight is 349 g/mol. The van der Waals surface area contributed by atoms with Crippen LogP contribution in [0.25, 0.3) is 0 Å². The Morgan fingerprint density at radius 1 is 1.28 bits per heavy atom. The van der Waals surface area contributed by atoms with Gasteiger partial charge in [-0.1, -0.05) is 13.0 Å². The Hall–Kier alpha value is -1.59. The van der Waals surface area contributed by atoms with Gasteiger partial charge in [0.1, 0.15) is 6.10 Å². The summed E-state index contributed by atoms with van der Waals surface area (Å²) in [5.74, 6) is 1.36. The summed E-state index contributed by atoms with van der Waals surface area (Å²) < 4.78 is 10.5. The summed E-state index contributed by atoms with van der Waals surface area (Å²) in [5.41, 5.74) is 2.07. The van der Waals surface area contributed by atoms with Crippen molar-refractivity contribution in [1.29, 1.82) is 0 Å². The molecule has 140 valence electrons. The standard InChI is InChI=1S/C16H20O4.C4H11N/c1-19-13-6-5-9-3-4-10-7-14(20-2)12(17)8-11(10)15(9)16(13)18;1-4-5(2)3/h5-6,10-11,14,18H,3-4,7-8H2,1-2H3;4H2,1-3H3. The van der Waals surface area contributed by atoms with Gasteiger partial charge >= 0.3 is 0 Å². The number of aryl methyl sites for hydroxylation is 1. The molecule has 1 aromatic carbocycles. The molecule has 0 aromatic heterocycles. The Morgan fingerprint density at radius 2 is 1.96 bits per heavy atom. The first-order chi connectivity index (χ1) is 11.9. The summed E-state index contributed by atoms with van der Waals surface area (Å²) in [6.07, 6.45) is 2.94. The number of rotatable bonds is 3. The molecular weight excluding hydrogens is 318 g/mol. The molecule has 0 amide bonds. The first kappa shape index (κ1) is 19.7. The van der Waals surface area contributed by atoms with Gasteiger partial charge in [-0.2, -0.15) is 0 Å². The first-order valence-corrected chi connectivity index (χ1v) is 9.01. The van der Waals surface area contributed by atoms with Gasteiger partial charge in [0.2, 0.25) is 0 Å². The van der Waals surface area contributed by atoms with Crippen molar-refractivity contribution >= 4 is 5.78 Å². The second-order valence-corrected chi connectivity index (χ2v) is 7.12. The second-order valence-electron chi connectivity index (χ2n) is 7.12. The molecule has 5 nitrogen and oxygen atoms in total. The zero-order valence-corrected chi connectivity index (χ0v) is 16.0. The number of ether oxygens (including phenoxy) is 2. The monoisotopic (exact) mass is 349 g/mol. The molecule has 1 N–H and O–H groups in total. The lowest BCUT2D eigenvalue weighted by molar-refractivity contribution is -0.133. The molecule has 3 atom stereocenters. The lowest BCUT2D eigenvalue weighted by Gasteiger charge is -2.39. The molecule has 0 saturated heterocycles. The highest BCUT2D eigenvalue weighted by Gasteiger charge is 2.41. The van der Waals surface area contributed by atoms with Crippen molar-refractivity contribution in [2.24, 2.45) is 5.92 Å². The number of phenolic OH excluding ortho intramolecular Hbond substituents is 1. The fraction of sp³-hybridized carbons (Fsp3) is 0.650. The molecule has 2 aliphatic rings. The summed E-state index contributed by atoms with van der Waals surface area (Å²) in [5, 5.41) is 10.4. The molecular formula is C20H31NO4. The second kappa shape index (κ2) is 8.68. The fourth-order valence-electron chi connectivity index (χ4n) is 3.74. The highest BCUT2D eigenvalue weighted by atomic mass is 16.5. The molecule has 0 spiro atoms. The molecule has 0 radical (unpaired) electrons. The quantitative estimate of drug-likeness (QED) is 0.909. The van der Waals surface area contributed by atoms with Gasteiger partial charge in [-0.05, 0) is 63.4 Å². The van der Waals surface area contributed by atoms with E-state index in [4.69, 9.17) is 9.47 Å². The SMILES string of the molecule is CCN(C)C.COc1ccc2c(c1O)C1CC(=O)C(OC)CC1CC2. The highest BCUT2D eigenvalue weighted by molar-refractivity contribution is 5.85. The third kappa shape index (κ3) is 4.33. The summed E-state index contributed by atoms with van der Waals surface area (Å²) >= 11 is 0. The number of methoxy groups -OCH3 is 2. The number of Topliss-reactive ketones (excluding diaryl/α,β-unsaturated/α-hetero) is 1. The number of fused-ring (bicyclic) bond motifs is 3. The third-order valence-electron chi connectivity index (χ3n) is 5.43. The van der Waals surface area contributed by atoms with E-state index in [1.807, 2.05) is 6.07 Å². The van der Waals surface area contributed by atoms with Crippen LogP contribution in [0, 0.1) is 5.92 Å². The third-order valence-corrected chi connectivity index (χ3v) is 5.43. The average Bonchev–Trinajstić information content (AvgIpc) is 2.61. The molecule has 0 bridgehead atoms. The molecule has 0 heterocycles. The van der Waals surface area contributed by atoms with Crippen LogP contribution >= 0.6 is 0 Å². The zero-order chi connectivity index (χ0) is 18.6. The number of hydrogen-bond acceptors (Lipinski definition) is 5. The van der Waals surface area contributed by atoms with E-state index in [-0.39, 0.29) is 23.6 Å². The topological polar surface area (TPSA) is 59.0 Å². The van der Waals surface area contributed by atoms with Crippen molar-refractivity contribution < 1.29 is 19.4 Å². The molecule has 5 heteroatoms. The minimum absolute atomic E-state index is 0.104. The minimum Gasteiger partial charge on any atom is -0.504 e. The van der Waals surface area contributed by atoms with Gasteiger partial charge in [0.05, 0.1) is 7.11 Å². The van der Waals surface area contributed by atoms with E-state index < -0.39 is 0 Å². The van der Waals surface area contributed by atoms with Gasteiger partial charge in [0.15, 0.2) is 17.3 Å². The first-order valence-electron chi connectivity index (χ1n) is 9.01. The van der Waals surface area contributed by atoms with Crippen LogP contribution < -0.4 is 4.74 Å². The van der Waals surface area contributed by atoms with Crippen LogP contribution in [-0.4, -0.2) is 56.8 Å². The van der Waals surface area contributed by atoms with Crippen LogP contribution in [-0.2, 0) is 16.0 Å². The van der Waals surface area contributed by atoms with Crippen LogP contribution in [0.3, 0.4) is 0 Å².